The Bertz CT molecular complexity index is 1100. The van der Waals surface area contributed by atoms with Crippen molar-refractivity contribution in [3.8, 4) is 0 Å². The summed E-state index contributed by atoms with van der Waals surface area (Å²) in [7, 11) is -5.11. The molecule has 0 bridgehead atoms. The number of aliphatic hydroxyl groups is 5. The molecule has 1 fully saturated rings. The van der Waals surface area contributed by atoms with E-state index in [0.29, 0.717) is 12.8 Å². The fraction of sp³-hybridized carbons (Fsp3) is 0.860. The summed E-state index contributed by atoms with van der Waals surface area (Å²) < 4.78 is 33.4. The summed E-state index contributed by atoms with van der Waals surface area (Å²) in [4.78, 5) is 35.6. The van der Waals surface area contributed by atoms with Gasteiger partial charge in [-0.25, -0.2) is 4.57 Å². The van der Waals surface area contributed by atoms with Crippen LogP contribution in [0.3, 0.4) is 0 Å². The van der Waals surface area contributed by atoms with Crippen molar-refractivity contribution in [2.75, 3.05) is 13.2 Å². The van der Waals surface area contributed by atoms with Gasteiger partial charge >= 0.3 is 19.8 Å². The molecule has 1 saturated carbocycles. The van der Waals surface area contributed by atoms with Crippen LogP contribution < -0.4 is 0 Å². The Labute approximate surface area is 343 Å². The molecule has 0 aromatic heterocycles. The van der Waals surface area contributed by atoms with Gasteiger partial charge in [-0.3, -0.25) is 18.6 Å². The third-order valence-electron chi connectivity index (χ3n) is 10.2. The molecule has 6 unspecified atom stereocenters. The number of esters is 2. The molecule has 0 amide bonds. The van der Waals surface area contributed by atoms with Gasteiger partial charge in [-0.05, 0) is 57.8 Å². The van der Waals surface area contributed by atoms with Crippen LogP contribution in [0.4, 0.5) is 0 Å². The second-order valence-electron chi connectivity index (χ2n) is 15.5. The van der Waals surface area contributed by atoms with E-state index in [-0.39, 0.29) is 12.8 Å². The lowest BCUT2D eigenvalue weighted by Crippen LogP contribution is -2.64. The summed E-state index contributed by atoms with van der Waals surface area (Å²) in [6, 6.07) is 0. The van der Waals surface area contributed by atoms with Crippen molar-refractivity contribution >= 4 is 19.8 Å². The molecule has 1 aliphatic rings. The van der Waals surface area contributed by atoms with E-state index in [9.17, 15) is 44.6 Å². The first kappa shape index (κ1) is 53.3. The largest absolute Gasteiger partial charge is 0.472 e. The lowest BCUT2D eigenvalue weighted by Gasteiger charge is -2.41. The number of phosphoric acid groups is 1. The molecule has 14 heteroatoms. The second-order valence-corrected chi connectivity index (χ2v) is 16.9. The average molecular weight is 835 g/mol. The minimum atomic E-state index is -5.11. The number of unbranched alkanes of at least 4 members (excludes halogenated alkanes) is 20. The zero-order valence-corrected chi connectivity index (χ0v) is 36.0. The van der Waals surface area contributed by atoms with Crippen molar-refractivity contribution < 1.29 is 63.1 Å². The van der Waals surface area contributed by atoms with Crippen molar-refractivity contribution in [3.05, 3.63) is 24.3 Å². The van der Waals surface area contributed by atoms with E-state index < -0.39 is 75.7 Å². The monoisotopic (exact) mass is 835 g/mol. The highest BCUT2D eigenvalue weighted by molar-refractivity contribution is 7.47. The molecule has 0 saturated heterocycles. The Kier molecular flexibility index (Phi) is 31.9. The number of allylic oxidation sites excluding steroid dienone is 4. The second kappa shape index (κ2) is 34.1. The Morgan fingerprint density at radius 2 is 0.930 bits per heavy atom. The van der Waals surface area contributed by atoms with Crippen LogP contribution in [-0.2, 0) is 32.7 Å². The van der Waals surface area contributed by atoms with Crippen molar-refractivity contribution in [3.63, 3.8) is 0 Å². The zero-order chi connectivity index (χ0) is 42.2. The van der Waals surface area contributed by atoms with Crippen LogP contribution in [0.15, 0.2) is 24.3 Å². The number of hydrogen-bond acceptors (Lipinski definition) is 12. The van der Waals surface area contributed by atoms with Crippen molar-refractivity contribution in [2.24, 2.45) is 0 Å². The fourth-order valence-electron chi connectivity index (χ4n) is 6.64. The Hall–Kier alpha value is -1.67. The molecule has 1 rings (SSSR count). The molecule has 57 heavy (non-hydrogen) atoms. The minimum absolute atomic E-state index is 0.0915. The number of hydrogen-bond donors (Lipinski definition) is 6. The van der Waals surface area contributed by atoms with Crippen LogP contribution in [0.5, 0.6) is 0 Å². The first-order valence-electron chi connectivity index (χ1n) is 22.1. The summed E-state index contributed by atoms with van der Waals surface area (Å²) >= 11 is 0. The fourth-order valence-corrected chi connectivity index (χ4v) is 7.61. The van der Waals surface area contributed by atoms with Crippen molar-refractivity contribution in [2.45, 2.75) is 224 Å². The third kappa shape index (κ3) is 26.9. The quantitative estimate of drug-likeness (QED) is 0.0153. The standard InChI is InChI=1S/C43H79O13P/c1-3-5-7-9-11-13-15-16-17-18-19-20-21-22-24-26-28-30-32-37(45)55-35(33-53-36(44)31-29-27-25-23-14-12-10-8-6-4-2)34-54-57(51,52)56-43-41(49)39(47)38(46)40(48)42(43)50/h8,10,17-18,35,38-43,46-50H,3-7,9,11-16,19-34H2,1-2H3,(H,51,52)/b10-8-,18-17-. The molecule has 0 aromatic carbocycles. The zero-order valence-electron chi connectivity index (χ0n) is 35.1. The maximum Gasteiger partial charge on any atom is 0.472 e. The number of aliphatic hydroxyl groups excluding tert-OH is 5. The predicted molar refractivity (Wildman–Crippen MR) is 221 cm³/mol. The summed E-state index contributed by atoms with van der Waals surface area (Å²) in [6.07, 6.45) is 22.5. The first-order valence-corrected chi connectivity index (χ1v) is 23.6. The Morgan fingerprint density at radius 1 is 0.526 bits per heavy atom. The van der Waals surface area contributed by atoms with Gasteiger partial charge in [0.05, 0.1) is 6.61 Å². The van der Waals surface area contributed by atoms with Gasteiger partial charge in [-0.2, -0.15) is 0 Å². The van der Waals surface area contributed by atoms with Gasteiger partial charge in [0, 0.05) is 12.8 Å². The highest BCUT2D eigenvalue weighted by Gasteiger charge is 2.51. The predicted octanol–water partition coefficient (Wildman–Crippen LogP) is 8.06. The summed E-state index contributed by atoms with van der Waals surface area (Å²) in [5.41, 5.74) is 0. The molecule has 0 aliphatic heterocycles. The number of ether oxygens (including phenoxy) is 2. The van der Waals surface area contributed by atoms with Gasteiger partial charge in [-0.15, -0.1) is 0 Å². The van der Waals surface area contributed by atoms with E-state index in [1.165, 1.54) is 64.2 Å². The van der Waals surface area contributed by atoms with Gasteiger partial charge in [0.25, 0.3) is 0 Å². The maximum atomic E-state index is 12.8. The SMILES string of the molecule is CCC/C=C\CCCCCCCC(=O)OCC(COP(=O)(O)OC1C(O)C(O)C(O)C(O)C1O)OC(=O)CCCCCCCCC/C=C\CCCCCCCCC. The summed E-state index contributed by atoms with van der Waals surface area (Å²) in [5, 5.41) is 50.0. The van der Waals surface area contributed by atoms with Gasteiger partial charge in [-0.1, -0.05) is 134 Å². The Morgan fingerprint density at radius 3 is 1.40 bits per heavy atom. The molecule has 6 atom stereocenters. The minimum Gasteiger partial charge on any atom is -0.462 e. The molecule has 0 aromatic rings. The van der Waals surface area contributed by atoms with Gasteiger partial charge in [0.15, 0.2) is 6.10 Å². The molecule has 0 heterocycles. The Balaban J connectivity index is 2.46. The highest BCUT2D eigenvalue weighted by atomic mass is 31.2. The normalized spacial score (nSPS) is 22.9. The maximum absolute atomic E-state index is 12.8. The van der Waals surface area contributed by atoms with Gasteiger partial charge < -0.3 is 39.9 Å². The molecule has 1 aliphatic carbocycles. The third-order valence-corrected chi connectivity index (χ3v) is 11.2. The summed E-state index contributed by atoms with van der Waals surface area (Å²) in [5.74, 6) is -1.11. The van der Waals surface area contributed by atoms with E-state index in [2.05, 4.69) is 38.2 Å². The molecule has 0 radical (unpaired) electrons. The van der Waals surface area contributed by atoms with E-state index in [0.717, 1.165) is 77.0 Å². The molecular weight excluding hydrogens is 755 g/mol. The number of carbonyl (C=O) groups is 2. The molecule has 13 nitrogen and oxygen atoms in total. The highest BCUT2D eigenvalue weighted by Crippen LogP contribution is 2.47. The van der Waals surface area contributed by atoms with Crippen LogP contribution in [-0.4, -0.2) is 98.3 Å². The number of phosphoric ester groups is 1. The van der Waals surface area contributed by atoms with Gasteiger partial charge in [0.1, 0.15) is 43.2 Å². The molecular formula is C43H79O13P. The molecule has 6 N–H and O–H groups in total. The van der Waals surface area contributed by atoms with Crippen LogP contribution in [0.25, 0.3) is 0 Å². The van der Waals surface area contributed by atoms with E-state index in [1.54, 1.807) is 0 Å². The number of carbonyl (C=O) groups excluding carboxylic acids is 2. The van der Waals surface area contributed by atoms with E-state index in [1.807, 2.05) is 0 Å². The topological polar surface area (TPSA) is 210 Å². The van der Waals surface area contributed by atoms with Gasteiger partial charge in [0.2, 0.25) is 0 Å². The van der Waals surface area contributed by atoms with Crippen molar-refractivity contribution in [1.82, 2.24) is 0 Å². The molecule has 334 valence electrons. The van der Waals surface area contributed by atoms with E-state index >= 15 is 0 Å². The number of rotatable bonds is 36. The first-order chi connectivity index (χ1) is 27.4. The van der Waals surface area contributed by atoms with Crippen LogP contribution >= 0.6 is 7.82 Å². The van der Waals surface area contributed by atoms with E-state index in [4.69, 9.17) is 18.5 Å². The molecule has 0 spiro atoms. The van der Waals surface area contributed by atoms with Crippen molar-refractivity contribution in [1.29, 1.82) is 0 Å². The lowest BCUT2D eigenvalue weighted by molar-refractivity contribution is -0.220. The van der Waals surface area contributed by atoms with Crippen LogP contribution in [0, 0.1) is 0 Å². The lowest BCUT2D eigenvalue weighted by atomic mass is 9.85. The average Bonchev–Trinajstić information content (AvgIpc) is 3.19. The van der Waals surface area contributed by atoms with Crippen LogP contribution in [0.1, 0.15) is 181 Å². The smallest absolute Gasteiger partial charge is 0.462 e. The van der Waals surface area contributed by atoms with Crippen LogP contribution in [0.2, 0.25) is 0 Å². The summed E-state index contributed by atoms with van der Waals surface area (Å²) in [6.45, 7) is 3.21.